The number of nitrogens with one attached hydrogen (secondary N) is 1. The molecule has 1 amide bonds. The van der Waals surface area contributed by atoms with Crippen molar-refractivity contribution in [1.29, 1.82) is 0 Å². The Morgan fingerprint density at radius 1 is 1.38 bits per heavy atom. The molecule has 0 aliphatic rings. The molecule has 0 aliphatic heterocycles. The highest BCUT2D eigenvalue weighted by atomic mass is 16.5. The quantitative estimate of drug-likeness (QED) is 0.684. The third kappa shape index (κ3) is 4.81. The molecule has 0 bridgehead atoms. The highest BCUT2D eigenvalue weighted by molar-refractivity contribution is 5.86. The van der Waals surface area contributed by atoms with E-state index in [1.54, 1.807) is 7.11 Å². The molecular weight excluding hydrogens is 268 g/mol. The first-order valence-corrected chi connectivity index (χ1v) is 7.27. The average molecular weight is 294 g/mol. The van der Waals surface area contributed by atoms with E-state index in [9.17, 15) is 4.79 Å². The molecule has 5 heteroatoms. The Morgan fingerprint density at radius 3 is 2.57 bits per heavy atom. The van der Waals surface area contributed by atoms with Gasteiger partial charge in [0, 0.05) is 7.11 Å². The Balaban J connectivity index is 2.99. The molecule has 1 aromatic rings. The fourth-order valence-electron chi connectivity index (χ4n) is 2.15. The van der Waals surface area contributed by atoms with Crippen LogP contribution in [0.15, 0.2) is 30.3 Å². The summed E-state index contributed by atoms with van der Waals surface area (Å²) in [5.74, 6) is -0.438. The monoisotopic (exact) mass is 294 g/mol. The van der Waals surface area contributed by atoms with Gasteiger partial charge < -0.3 is 15.2 Å². The van der Waals surface area contributed by atoms with Crippen LogP contribution in [0.4, 0.5) is 0 Å². The van der Waals surface area contributed by atoms with Crippen molar-refractivity contribution in [3.05, 3.63) is 35.9 Å². The van der Waals surface area contributed by atoms with Crippen molar-refractivity contribution in [1.82, 2.24) is 5.32 Å². The normalized spacial score (nSPS) is 15.4. The SMILES string of the molecule is CCCNC(COC(C)COC)(C(N)=O)c1ccccc1. The second-order valence-electron chi connectivity index (χ2n) is 5.14. The second-order valence-corrected chi connectivity index (χ2v) is 5.14. The number of methoxy groups -OCH3 is 1. The van der Waals surface area contributed by atoms with Gasteiger partial charge >= 0.3 is 0 Å². The Labute approximate surface area is 126 Å². The summed E-state index contributed by atoms with van der Waals surface area (Å²) >= 11 is 0. The van der Waals surface area contributed by atoms with Crippen molar-refractivity contribution >= 4 is 5.91 Å². The van der Waals surface area contributed by atoms with Gasteiger partial charge in [0.25, 0.3) is 0 Å². The van der Waals surface area contributed by atoms with Gasteiger partial charge in [-0.1, -0.05) is 37.3 Å². The number of nitrogens with two attached hydrogens (primary N) is 1. The van der Waals surface area contributed by atoms with Crippen LogP contribution in [-0.2, 0) is 19.8 Å². The summed E-state index contributed by atoms with van der Waals surface area (Å²) in [4.78, 5) is 12.1. The van der Waals surface area contributed by atoms with Crippen LogP contribution in [0.5, 0.6) is 0 Å². The molecule has 0 spiro atoms. The first-order chi connectivity index (χ1) is 10.1. The summed E-state index contributed by atoms with van der Waals surface area (Å²) in [5, 5.41) is 3.26. The molecule has 21 heavy (non-hydrogen) atoms. The lowest BCUT2D eigenvalue weighted by atomic mass is 9.89. The zero-order valence-electron chi connectivity index (χ0n) is 13.1. The molecule has 3 N–H and O–H groups in total. The second kappa shape index (κ2) is 8.77. The molecule has 0 fully saturated rings. The van der Waals surface area contributed by atoms with Crippen molar-refractivity contribution in [2.45, 2.75) is 31.9 Å². The molecule has 0 radical (unpaired) electrons. The molecule has 0 saturated carbocycles. The number of hydrogen-bond acceptors (Lipinski definition) is 4. The number of carbonyl (C=O) groups excluding carboxylic acids is 1. The summed E-state index contributed by atoms with van der Waals surface area (Å²) in [7, 11) is 1.62. The number of ether oxygens (including phenoxy) is 2. The fraction of sp³-hybridized carbons (Fsp3) is 0.562. The summed E-state index contributed by atoms with van der Waals surface area (Å²) < 4.78 is 10.8. The van der Waals surface area contributed by atoms with E-state index >= 15 is 0 Å². The highest BCUT2D eigenvalue weighted by Gasteiger charge is 2.38. The Hall–Kier alpha value is -1.43. The third-order valence-corrected chi connectivity index (χ3v) is 3.35. The first-order valence-electron chi connectivity index (χ1n) is 7.27. The van der Waals surface area contributed by atoms with E-state index in [2.05, 4.69) is 5.32 Å². The number of rotatable bonds is 10. The van der Waals surface area contributed by atoms with Crippen LogP contribution in [-0.4, -0.2) is 38.9 Å². The predicted molar refractivity (Wildman–Crippen MR) is 82.9 cm³/mol. The van der Waals surface area contributed by atoms with Crippen molar-refractivity contribution in [2.75, 3.05) is 26.9 Å². The zero-order valence-corrected chi connectivity index (χ0v) is 13.1. The Morgan fingerprint density at radius 2 is 2.05 bits per heavy atom. The summed E-state index contributed by atoms with van der Waals surface area (Å²) in [5.41, 5.74) is 5.49. The summed E-state index contributed by atoms with van der Waals surface area (Å²) in [6, 6.07) is 9.46. The maximum atomic E-state index is 12.1. The minimum Gasteiger partial charge on any atom is -0.382 e. The van der Waals surface area contributed by atoms with E-state index in [0.29, 0.717) is 13.2 Å². The van der Waals surface area contributed by atoms with Crippen molar-refractivity contribution in [3.8, 4) is 0 Å². The van der Waals surface area contributed by atoms with Crippen molar-refractivity contribution in [2.24, 2.45) is 5.73 Å². The molecule has 0 aliphatic carbocycles. The van der Waals surface area contributed by atoms with E-state index in [1.165, 1.54) is 0 Å². The van der Waals surface area contributed by atoms with Crippen LogP contribution < -0.4 is 11.1 Å². The molecule has 5 nitrogen and oxygen atoms in total. The van der Waals surface area contributed by atoms with E-state index < -0.39 is 11.4 Å². The number of hydrogen-bond donors (Lipinski definition) is 2. The van der Waals surface area contributed by atoms with Gasteiger partial charge in [0.2, 0.25) is 5.91 Å². The van der Waals surface area contributed by atoms with Crippen molar-refractivity contribution in [3.63, 3.8) is 0 Å². The van der Waals surface area contributed by atoms with Crippen molar-refractivity contribution < 1.29 is 14.3 Å². The van der Waals surface area contributed by atoms with Gasteiger partial charge in [0.1, 0.15) is 5.54 Å². The minimum absolute atomic E-state index is 0.110. The van der Waals surface area contributed by atoms with E-state index in [4.69, 9.17) is 15.2 Å². The lowest BCUT2D eigenvalue weighted by Crippen LogP contribution is -2.56. The topological polar surface area (TPSA) is 73.6 Å². The van der Waals surface area contributed by atoms with E-state index in [1.807, 2.05) is 44.2 Å². The minimum atomic E-state index is -1.01. The molecular formula is C16H26N2O3. The Bertz CT molecular complexity index is 425. The van der Waals surface area contributed by atoms with Gasteiger partial charge in [-0.3, -0.25) is 10.1 Å². The first kappa shape index (κ1) is 17.6. The lowest BCUT2D eigenvalue weighted by molar-refractivity contribution is -0.129. The van der Waals surface area contributed by atoms with Gasteiger partial charge in [0.15, 0.2) is 0 Å². The largest absolute Gasteiger partial charge is 0.382 e. The summed E-state index contributed by atoms with van der Waals surface area (Å²) in [6.45, 7) is 5.27. The van der Waals surface area contributed by atoms with Crippen LogP contribution in [0, 0.1) is 0 Å². The van der Waals surface area contributed by atoms with Gasteiger partial charge in [-0.2, -0.15) is 0 Å². The molecule has 0 aromatic heterocycles. The van der Waals surface area contributed by atoms with Gasteiger partial charge in [-0.15, -0.1) is 0 Å². The molecule has 1 aromatic carbocycles. The fourth-order valence-corrected chi connectivity index (χ4v) is 2.15. The average Bonchev–Trinajstić information content (AvgIpc) is 2.48. The van der Waals surface area contributed by atoms with Crippen LogP contribution >= 0.6 is 0 Å². The van der Waals surface area contributed by atoms with Gasteiger partial charge in [-0.25, -0.2) is 0 Å². The van der Waals surface area contributed by atoms with Gasteiger partial charge in [-0.05, 0) is 25.5 Å². The molecule has 2 unspecified atom stereocenters. The number of amides is 1. The zero-order chi connectivity index (χ0) is 15.7. The molecule has 2 atom stereocenters. The maximum absolute atomic E-state index is 12.1. The van der Waals surface area contributed by atoms with Crippen LogP contribution in [0.1, 0.15) is 25.8 Å². The maximum Gasteiger partial charge on any atom is 0.244 e. The molecule has 0 heterocycles. The van der Waals surface area contributed by atoms with Crippen LogP contribution in [0.2, 0.25) is 0 Å². The predicted octanol–water partition coefficient (Wildman–Crippen LogP) is 1.42. The third-order valence-electron chi connectivity index (χ3n) is 3.35. The van der Waals surface area contributed by atoms with E-state index in [-0.39, 0.29) is 12.7 Å². The van der Waals surface area contributed by atoms with Gasteiger partial charge in [0.05, 0.1) is 19.3 Å². The number of benzene rings is 1. The molecule has 0 saturated heterocycles. The van der Waals surface area contributed by atoms with E-state index in [0.717, 1.165) is 12.0 Å². The lowest BCUT2D eigenvalue weighted by Gasteiger charge is -2.33. The summed E-state index contributed by atoms with van der Waals surface area (Å²) in [6.07, 6.45) is 0.788. The van der Waals surface area contributed by atoms with Crippen LogP contribution in [0.3, 0.4) is 0 Å². The molecule has 118 valence electrons. The highest BCUT2D eigenvalue weighted by Crippen LogP contribution is 2.22. The standard InChI is InChI=1S/C16H26N2O3/c1-4-10-18-16(15(17)19,12-21-13(2)11-20-3)14-8-6-5-7-9-14/h5-9,13,18H,4,10-12H2,1-3H3,(H2,17,19). The Kier molecular flexibility index (Phi) is 7.36. The van der Waals surface area contributed by atoms with Crippen LogP contribution in [0.25, 0.3) is 0 Å². The number of carbonyl (C=O) groups is 1. The number of primary amides is 1. The molecule has 1 rings (SSSR count). The smallest absolute Gasteiger partial charge is 0.244 e.